The number of carbonyl (C=O) groups is 1. The average molecular weight is 480 g/mol. The van der Waals surface area contributed by atoms with Crippen molar-refractivity contribution in [2.24, 2.45) is 0 Å². The zero-order valence-corrected chi connectivity index (χ0v) is 19.4. The molecule has 4 N–H and O–H groups in total. The number of nitrogens with zero attached hydrogens (tertiary/aromatic N) is 1. The SMILES string of the molecule is CCCSNc1ccc(F)c(C(=O)c2c[nH]c3ncc(-c4ccc(NC)c(C=N)c4)cc23)c1F. The molecule has 0 fully saturated rings. The standard InChI is InChI=1S/C25H23F2N5OS/c1-3-8-34-32-21-7-5-19(26)22(23(21)27)24(33)18-13-31-25-17(18)10-16(12-30-25)14-4-6-20(29-2)15(9-14)11-28/h4-7,9-13,28-29,32H,3,8H2,1-2H3,(H,30,31). The highest BCUT2D eigenvalue weighted by Gasteiger charge is 2.24. The van der Waals surface area contributed by atoms with E-state index in [1.165, 1.54) is 30.4 Å². The van der Waals surface area contributed by atoms with Gasteiger partial charge in [0.25, 0.3) is 0 Å². The summed E-state index contributed by atoms with van der Waals surface area (Å²) in [7, 11) is 1.78. The van der Waals surface area contributed by atoms with Gasteiger partial charge in [-0.05, 0) is 42.3 Å². The first-order valence-corrected chi connectivity index (χ1v) is 11.7. The van der Waals surface area contributed by atoms with Gasteiger partial charge in [-0.3, -0.25) is 4.79 Å². The fourth-order valence-corrected chi connectivity index (χ4v) is 4.26. The second kappa shape index (κ2) is 10.0. The van der Waals surface area contributed by atoms with Crippen molar-refractivity contribution in [2.45, 2.75) is 13.3 Å². The van der Waals surface area contributed by atoms with Crippen LogP contribution in [0.4, 0.5) is 20.2 Å². The predicted molar refractivity (Wildman–Crippen MR) is 135 cm³/mol. The molecule has 0 saturated heterocycles. The minimum atomic E-state index is -0.926. The van der Waals surface area contributed by atoms with Crippen LogP contribution in [0.1, 0.15) is 34.8 Å². The van der Waals surface area contributed by atoms with Crippen LogP contribution in [-0.4, -0.2) is 34.8 Å². The molecule has 4 aromatic rings. The highest BCUT2D eigenvalue weighted by atomic mass is 32.2. The van der Waals surface area contributed by atoms with E-state index >= 15 is 4.39 Å². The van der Waals surface area contributed by atoms with E-state index in [9.17, 15) is 9.18 Å². The van der Waals surface area contributed by atoms with Gasteiger partial charge in [0.15, 0.2) is 5.82 Å². The van der Waals surface area contributed by atoms with Crippen molar-refractivity contribution >= 4 is 46.4 Å². The molecule has 2 aromatic carbocycles. The lowest BCUT2D eigenvalue weighted by molar-refractivity contribution is 0.103. The van der Waals surface area contributed by atoms with E-state index in [0.717, 1.165) is 29.5 Å². The first kappa shape index (κ1) is 23.4. The summed E-state index contributed by atoms with van der Waals surface area (Å²) >= 11 is 1.29. The van der Waals surface area contributed by atoms with E-state index in [1.807, 2.05) is 25.1 Å². The molecule has 34 heavy (non-hydrogen) atoms. The first-order chi connectivity index (χ1) is 16.5. The fourth-order valence-electron chi connectivity index (χ4n) is 3.64. The van der Waals surface area contributed by atoms with Crippen molar-refractivity contribution in [3.05, 3.63) is 77.1 Å². The van der Waals surface area contributed by atoms with Crippen LogP contribution in [-0.2, 0) is 0 Å². The summed E-state index contributed by atoms with van der Waals surface area (Å²) in [6, 6.07) is 9.68. The Labute approximate surface area is 199 Å². The zero-order chi connectivity index (χ0) is 24.2. The van der Waals surface area contributed by atoms with Crippen LogP contribution in [0.25, 0.3) is 22.2 Å². The number of aromatic amines is 1. The molecule has 0 bridgehead atoms. The smallest absolute Gasteiger partial charge is 0.201 e. The summed E-state index contributed by atoms with van der Waals surface area (Å²) < 4.78 is 32.6. The summed E-state index contributed by atoms with van der Waals surface area (Å²) in [6.45, 7) is 1.99. The third-order valence-electron chi connectivity index (χ3n) is 5.39. The molecule has 0 amide bonds. The number of fused-ring (bicyclic) bond motifs is 1. The van der Waals surface area contributed by atoms with Crippen molar-refractivity contribution in [3.8, 4) is 11.1 Å². The number of hydrogen-bond donors (Lipinski definition) is 4. The molecule has 0 unspecified atom stereocenters. The van der Waals surface area contributed by atoms with Gasteiger partial charge < -0.3 is 20.4 Å². The van der Waals surface area contributed by atoms with Crippen LogP contribution < -0.4 is 10.0 Å². The molecular weight excluding hydrogens is 456 g/mol. The quantitative estimate of drug-likeness (QED) is 0.0986. The van der Waals surface area contributed by atoms with Crippen LogP contribution >= 0.6 is 11.9 Å². The van der Waals surface area contributed by atoms with Gasteiger partial charge in [0.2, 0.25) is 5.78 Å². The van der Waals surface area contributed by atoms with Crippen LogP contribution in [0.3, 0.4) is 0 Å². The maximum absolute atomic E-state index is 15.1. The number of H-pyrrole nitrogens is 1. The molecule has 0 radical (unpaired) electrons. The number of anilines is 2. The second-order valence-electron chi connectivity index (χ2n) is 7.58. The van der Waals surface area contributed by atoms with Crippen molar-refractivity contribution in [3.63, 3.8) is 0 Å². The molecule has 0 aliphatic rings. The number of nitrogens with one attached hydrogen (secondary N) is 4. The molecule has 0 atom stereocenters. The number of halogens is 2. The van der Waals surface area contributed by atoms with Gasteiger partial charge in [-0.1, -0.05) is 24.9 Å². The average Bonchev–Trinajstić information content (AvgIpc) is 3.28. The molecule has 9 heteroatoms. The monoisotopic (exact) mass is 479 g/mol. The molecule has 2 aromatic heterocycles. The van der Waals surface area contributed by atoms with E-state index in [2.05, 4.69) is 20.0 Å². The van der Waals surface area contributed by atoms with E-state index in [-0.39, 0.29) is 11.3 Å². The summed E-state index contributed by atoms with van der Waals surface area (Å²) in [4.78, 5) is 20.6. The van der Waals surface area contributed by atoms with E-state index in [0.29, 0.717) is 22.2 Å². The Morgan fingerprint density at radius 1 is 1.18 bits per heavy atom. The Hall–Kier alpha value is -3.72. The molecule has 174 valence electrons. The van der Waals surface area contributed by atoms with E-state index < -0.39 is 23.0 Å². The predicted octanol–water partition coefficient (Wildman–Crippen LogP) is 6.25. The number of benzene rings is 2. The molecule has 0 aliphatic heterocycles. The van der Waals surface area contributed by atoms with Crippen LogP contribution in [0, 0.1) is 17.0 Å². The molecule has 0 aliphatic carbocycles. The molecule has 0 spiro atoms. The lowest BCUT2D eigenvalue weighted by atomic mass is 9.99. The van der Waals surface area contributed by atoms with E-state index in [1.54, 1.807) is 19.3 Å². The largest absolute Gasteiger partial charge is 0.388 e. The summed E-state index contributed by atoms with van der Waals surface area (Å²) in [5.41, 5.74) is 3.01. The normalized spacial score (nSPS) is 10.9. The Morgan fingerprint density at radius 2 is 1.97 bits per heavy atom. The number of pyridine rings is 1. The van der Waals surface area contributed by atoms with Crippen molar-refractivity contribution in [2.75, 3.05) is 22.8 Å². The van der Waals surface area contributed by atoms with Crippen LogP contribution in [0.15, 0.2) is 48.8 Å². The van der Waals surface area contributed by atoms with Gasteiger partial charge in [-0.15, -0.1) is 0 Å². The molecule has 0 saturated carbocycles. The Balaban J connectivity index is 1.76. The third-order valence-corrected chi connectivity index (χ3v) is 6.37. The molecular formula is C25H23F2N5OS. The number of ketones is 1. The van der Waals surface area contributed by atoms with E-state index in [4.69, 9.17) is 5.41 Å². The van der Waals surface area contributed by atoms with Crippen molar-refractivity contribution in [1.29, 1.82) is 5.41 Å². The zero-order valence-electron chi connectivity index (χ0n) is 18.6. The van der Waals surface area contributed by atoms with Gasteiger partial charge >= 0.3 is 0 Å². The number of carbonyl (C=O) groups excluding carboxylic acids is 1. The highest BCUT2D eigenvalue weighted by molar-refractivity contribution is 8.00. The van der Waals surface area contributed by atoms with Crippen LogP contribution in [0.5, 0.6) is 0 Å². The summed E-state index contributed by atoms with van der Waals surface area (Å²) in [6.07, 6.45) is 5.20. The first-order valence-electron chi connectivity index (χ1n) is 10.7. The highest BCUT2D eigenvalue weighted by Crippen LogP contribution is 2.31. The second-order valence-corrected chi connectivity index (χ2v) is 8.48. The Bertz CT molecular complexity index is 1390. The summed E-state index contributed by atoms with van der Waals surface area (Å²) in [5.74, 6) is -1.88. The van der Waals surface area contributed by atoms with Gasteiger partial charge in [0, 0.05) is 59.2 Å². The maximum atomic E-state index is 15.1. The van der Waals surface area contributed by atoms with Crippen molar-refractivity contribution in [1.82, 2.24) is 9.97 Å². The number of aromatic nitrogens is 2. The maximum Gasteiger partial charge on any atom is 0.201 e. The lowest BCUT2D eigenvalue weighted by Gasteiger charge is -2.10. The Kier molecular flexibility index (Phi) is 6.93. The van der Waals surface area contributed by atoms with Gasteiger partial charge in [-0.2, -0.15) is 0 Å². The number of hydrogen-bond acceptors (Lipinski definition) is 6. The number of rotatable bonds is 9. The van der Waals surface area contributed by atoms with Gasteiger partial charge in [0.05, 0.1) is 11.3 Å². The summed E-state index contributed by atoms with van der Waals surface area (Å²) in [5, 5.41) is 11.1. The third kappa shape index (κ3) is 4.38. The molecule has 4 rings (SSSR count). The topological polar surface area (TPSA) is 93.7 Å². The van der Waals surface area contributed by atoms with Gasteiger partial charge in [-0.25, -0.2) is 13.8 Å². The van der Waals surface area contributed by atoms with Crippen LogP contribution in [0.2, 0.25) is 0 Å². The minimum absolute atomic E-state index is 0.0608. The van der Waals surface area contributed by atoms with Gasteiger partial charge in [0.1, 0.15) is 11.5 Å². The van der Waals surface area contributed by atoms with Crippen molar-refractivity contribution < 1.29 is 13.6 Å². The molecule has 6 nitrogen and oxygen atoms in total. The lowest BCUT2D eigenvalue weighted by Crippen LogP contribution is -2.09. The molecule has 2 heterocycles. The minimum Gasteiger partial charge on any atom is -0.388 e. The fraction of sp³-hybridized carbons (Fsp3) is 0.160. The Morgan fingerprint density at radius 3 is 2.71 bits per heavy atom.